The van der Waals surface area contributed by atoms with Crippen molar-refractivity contribution < 1.29 is 36.2 Å². The molecule has 0 bridgehead atoms. The lowest BCUT2D eigenvalue weighted by Gasteiger charge is -2.37. The molecule has 1 aliphatic heterocycles. The second-order valence-electron chi connectivity index (χ2n) is 8.21. The van der Waals surface area contributed by atoms with Crippen molar-refractivity contribution >= 4 is 45.6 Å². The second-order valence-corrected chi connectivity index (χ2v) is 8.62. The molecule has 0 saturated carbocycles. The Balaban J connectivity index is 1.57. The summed E-state index contributed by atoms with van der Waals surface area (Å²) < 4.78 is 74.7. The van der Waals surface area contributed by atoms with Gasteiger partial charge in [0.2, 0.25) is 5.91 Å². The SMILES string of the molecule is O=C(/C=C/CN1CC(F)(F)C1)Nc1cc2c(Nc3cccc(Cl)c3F)ncnc2cc1OCCOC(F)F. The number of amides is 1. The van der Waals surface area contributed by atoms with Gasteiger partial charge in [0.25, 0.3) is 5.92 Å². The highest BCUT2D eigenvalue weighted by Crippen LogP contribution is 2.34. The van der Waals surface area contributed by atoms with Gasteiger partial charge in [-0.05, 0) is 18.2 Å². The molecule has 1 saturated heterocycles. The molecule has 8 nitrogen and oxygen atoms in total. The first-order valence-electron chi connectivity index (χ1n) is 11.2. The first kappa shape index (κ1) is 27.5. The minimum absolute atomic E-state index is 0.0482. The zero-order valence-corrected chi connectivity index (χ0v) is 20.3. The van der Waals surface area contributed by atoms with Crippen LogP contribution in [0.2, 0.25) is 5.02 Å². The number of carbonyl (C=O) groups excluding carboxylic acids is 1. The molecule has 1 fully saturated rings. The van der Waals surface area contributed by atoms with E-state index in [0.717, 1.165) is 0 Å². The van der Waals surface area contributed by atoms with Crippen molar-refractivity contribution in [2.45, 2.75) is 12.5 Å². The van der Waals surface area contributed by atoms with Gasteiger partial charge in [-0.15, -0.1) is 0 Å². The zero-order valence-electron chi connectivity index (χ0n) is 19.6. The zero-order chi connectivity index (χ0) is 27.3. The van der Waals surface area contributed by atoms with E-state index in [0.29, 0.717) is 10.9 Å². The number of anilines is 3. The summed E-state index contributed by atoms with van der Waals surface area (Å²) in [4.78, 5) is 22.3. The highest BCUT2D eigenvalue weighted by Gasteiger charge is 2.42. The Labute approximate surface area is 218 Å². The Morgan fingerprint density at radius 1 is 1.18 bits per heavy atom. The van der Waals surface area contributed by atoms with Gasteiger partial charge in [0.15, 0.2) is 5.82 Å². The van der Waals surface area contributed by atoms with Crippen LogP contribution in [0, 0.1) is 5.82 Å². The molecule has 1 aromatic heterocycles. The van der Waals surface area contributed by atoms with E-state index < -0.39 is 30.9 Å². The fourth-order valence-corrected chi connectivity index (χ4v) is 3.81. The van der Waals surface area contributed by atoms with E-state index in [4.69, 9.17) is 16.3 Å². The number of likely N-dealkylation sites (tertiary alicyclic amines) is 1. The van der Waals surface area contributed by atoms with E-state index in [1.807, 2.05) is 0 Å². The monoisotopic (exact) mass is 557 g/mol. The molecular weight excluding hydrogens is 537 g/mol. The van der Waals surface area contributed by atoms with Gasteiger partial charge in [-0.1, -0.05) is 23.7 Å². The van der Waals surface area contributed by atoms with Gasteiger partial charge in [-0.2, -0.15) is 8.78 Å². The topological polar surface area (TPSA) is 88.6 Å². The summed E-state index contributed by atoms with van der Waals surface area (Å²) in [7, 11) is 0. The number of aromatic nitrogens is 2. The van der Waals surface area contributed by atoms with E-state index in [2.05, 4.69) is 25.3 Å². The van der Waals surface area contributed by atoms with Crippen molar-refractivity contribution in [1.82, 2.24) is 14.9 Å². The summed E-state index contributed by atoms with van der Waals surface area (Å²) in [5.41, 5.74) is 0.512. The predicted molar refractivity (Wildman–Crippen MR) is 131 cm³/mol. The quantitative estimate of drug-likeness (QED) is 0.190. The minimum atomic E-state index is -2.97. The third kappa shape index (κ3) is 7.05. The highest BCUT2D eigenvalue weighted by atomic mass is 35.5. The van der Waals surface area contributed by atoms with Crippen LogP contribution in [0.25, 0.3) is 10.9 Å². The smallest absolute Gasteiger partial charge is 0.345 e. The molecule has 0 atom stereocenters. The molecule has 2 N–H and O–H groups in total. The number of hydrogen-bond acceptors (Lipinski definition) is 7. The number of nitrogens with one attached hydrogen (secondary N) is 2. The Hall–Kier alpha value is -3.55. The average molecular weight is 558 g/mol. The maximum Gasteiger partial charge on any atom is 0.345 e. The van der Waals surface area contributed by atoms with Crippen molar-refractivity contribution in [3.8, 4) is 5.75 Å². The Kier molecular flexibility index (Phi) is 8.59. The van der Waals surface area contributed by atoms with Gasteiger partial charge in [-0.25, -0.2) is 23.1 Å². The lowest BCUT2D eigenvalue weighted by atomic mass is 10.1. The molecule has 0 unspecified atom stereocenters. The van der Waals surface area contributed by atoms with Crippen molar-refractivity contribution in [3.63, 3.8) is 0 Å². The lowest BCUT2D eigenvalue weighted by molar-refractivity contribution is -0.133. The van der Waals surface area contributed by atoms with Crippen LogP contribution in [0.3, 0.4) is 0 Å². The molecule has 14 heteroatoms. The molecule has 1 amide bonds. The lowest BCUT2D eigenvalue weighted by Crippen LogP contribution is -2.55. The molecule has 38 heavy (non-hydrogen) atoms. The van der Waals surface area contributed by atoms with Gasteiger partial charge in [0.05, 0.1) is 41.6 Å². The predicted octanol–water partition coefficient (Wildman–Crippen LogP) is 5.23. The van der Waals surface area contributed by atoms with Gasteiger partial charge in [0, 0.05) is 24.1 Å². The van der Waals surface area contributed by atoms with Gasteiger partial charge >= 0.3 is 6.61 Å². The van der Waals surface area contributed by atoms with E-state index in [9.17, 15) is 26.7 Å². The van der Waals surface area contributed by atoms with E-state index in [1.54, 1.807) is 6.07 Å². The number of hydrogen-bond donors (Lipinski definition) is 2. The van der Waals surface area contributed by atoms with Crippen molar-refractivity contribution in [2.24, 2.45) is 0 Å². The molecule has 2 heterocycles. The molecule has 3 aromatic rings. The first-order chi connectivity index (χ1) is 18.1. The summed E-state index contributed by atoms with van der Waals surface area (Å²) in [5.74, 6) is -3.73. The van der Waals surface area contributed by atoms with Crippen molar-refractivity contribution in [1.29, 1.82) is 0 Å². The number of carbonyl (C=O) groups is 1. The standard InChI is InChI=1S/C24H21ClF5N5O3/c25-15-3-1-4-16(21(15)26)34-22-14-9-18(33-20(36)5-2-6-35-11-24(29,30)12-35)19(10-17(14)31-13-32-22)37-7-8-38-23(27)28/h1-5,9-10,13,23H,6-8,11-12H2,(H,33,36)(H,31,32,34)/b5-2+. The summed E-state index contributed by atoms with van der Waals surface area (Å²) >= 11 is 5.85. The normalized spacial score (nSPS) is 15.1. The third-order valence-corrected chi connectivity index (χ3v) is 5.62. The van der Waals surface area contributed by atoms with Crippen LogP contribution in [0.1, 0.15) is 0 Å². The summed E-state index contributed by atoms with van der Waals surface area (Å²) in [6.07, 6.45) is 3.82. The summed E-state index contributed by atoms with van der Waals surface area (Å²) in [6, 6.07) is 7.29. The van der Waals surface area contributed by atoms with E-state index >= 15 is 0 Å². The second kappa shape index (κ2) is 11.9. The van der Waals surface area contributed by atoms with Gasteiger partial charge in [-0.3, -0.25) is 9.69 Å². The molecule has 4 rings (SSSR count). The maximum atomic E-state index is 14.4. The number of alkyl halides is 4. The van der Waals surface area contributed by atoms with Crippen LogP contribution in [0.4, 0.5) is 39.1 Å². The molecule has 2 aromatic carbocycles. The number of ether oxygens (including phenoxy) is 2. The molecule has 0 aliphatic carbocycles. The van der Waals surface area contributed by atoms with Gasteiger partial charge < -0.3 is 20.1 Å². The molecular formula is C24H21ClF5N5O3. The van der Waals surface area contributed by atoms with Crippen LogP contribution >= 0.6 is 11.6 Å². The summed E-state index contributed by atoms with van der Waals surface area (Å²) in [5, 5.41) is 5.71. The van der Waals surface area contributed by atoms with Crippen LogP contribution < -0.4 is 15.4 Å². The maximum absolute atomic E-state index is 14.4. The van der Waals surface area contributed by atoms with Crippen LogP contribution in [-0.4, -0.2) is 66.2 Å². The molecule has 1 aliphatic rings. The van der Waals surface area contributed by atoms with Gasteiger partial charge in [0.1, 0.15) is 24.5 Å². The Morgan fingerprint density at radius 2 is 1.97 bits per heavy atom. The largest absolute Gasteiger partial charge is 0.489 e. The van der Waals surface area contributed by atoms with E-state index in [1.165, 1.54) is 47.6 Å². The number of benzene rings is 2. The average Bonchev–Trinajstić information content (AvgIpc) is 2.84. The van der Waals surface area contributed by atoms with Crippen molar-refractivity contribution in [3.05, 3.63) is 59.7 Å². The van der Waals surface area contributed by atoms with Crippen molar-refractivity contribution in [2.75, 3.05) is 43.5 Å². The molecule has 0 spiro atoms. The Morgan fingerprint density at radius 3 is 2.71 bits per heavy atom. The van der Waals surface area contributed by atoms with Crippen LogP contribution in [0.15, 0.2) is 48.8 Å². The number of rotatable bonds is 11. The van der Waals surface area contributed by atoms with Crippen LogP contribution in [-0.2, 0) is 9.53 Å². The summed E-state index contributed by atoms with van der Waals surface area (Å²) in [6.45, 7) is -4.27. The van der Waals surface area contributed by atoms with Crippen LogP contribution in [0.5, 0.6) is 5.75 Å². The number of halogens is 6. The fraction of sp³-hybridized carbons (Fsp3) is 0.292. The highest BCUT2D eigenvalue weighted by molar-refractivity contribution is 6.31. The molecule has 202 valence electrons. The number of fused-ring (bicyclic) bond motifs is 1. The first-order valence-corrected chi connectivity index (χ1v) is 11.6. The van der Waals surface area contributed by atoms with E-state index in [-0.39, 0.29) is 54.2 Å². The Bertz CT molecular complexity index is 1340. The minimum Gasteiger partial charge on any atom is -0.489 e. The fourth-order valence-electron chi connectivity index (χ4n) is 3.64. The third-order valence-electron chi connectivity index (χ3n) is 5.33. The molecule has 0 radical (unpaired) electrons. The number of nitrogens with zero attached hydrogens (tertiary/aromatic N) is 3.